The number of aromatic carboxylic acids is 1. The Bertz CT molecular complexity index is 1080. The van der Waals surface area contributed by atoms with Crippen molar-refractivity contribution in [2.45, 2.75) is 6.18 Å². The van der Waals surface area contributed by atoms with E-state index in [1.807, 2.05) is 0 Å². The average Bonchev–Trinajstić information content (AvgIpc) is 2.85. The lowest BCUT2D eigenvalue weighted by atomic mass is 10.1. The molecule has 2 amide bonds. The van der Waals surface area contributed by atoms with Crippen LogP contribution in [0.4, 0.5) is 24.5 Å². The fourth-order valence-electron chi connectivity index (χ4n) is 2.56. The Hall–Kier alpha value is -3.04. The van der Waals surface area contributed by atoms with Gasteiger partial charge in [-0.1, -0.05) is 29.3 Å². The first-order chi connectivity index (χ1) is 13.5. The standard InChI is InChI=1S/C18H9Cl2F3N2O4/c19-11-5-4-9(18(21,22)23)7-12(11)25-15(26)13(20)14(16(25)27)24-10-3-1-2-8(6-10)17(28)29/h1-7,24H,(H,28,29). The molecule has 0 saturated heterocycles. The van der Waals surface area contributed by atoms with Crippen LogP contribution in [0.3, 0.4) is 0 Å². The zero-order chi connectivity index (χ0) is 21.5. The molecule has 11 heteroatoms. The van der Waals surface area contributed by atoms with Crippen LogP contribution in [0, 0.1) is 0 Å². The Morgan fingerprint density at radius 2 is 1.72 bits per heavy atom. The van der Waals surface area contributed by atoms with Crippen molar-refractivity contribution in [1.29, 1.82) is 0 Å². The second-order valence-electron chi connectivity index (χ2n) is 5.81. The smallest absolute Gasteiger partial charge is 0.416 e. The second kappa shape index (κ2) is 7.41. The minimum Gasteiger partial charge on any atom is -0.478 e. The van der Waals surface area contributed by atoms with Crippen molar-refractivity contribution in [2.75, 3.05) is 10.2 Å². The van der Waals surface area contributed by atoms with E-state index in [9.17, 15) is 27.6 Å². The molecular weight excluding hydrogens is 436 g/mol. The summed E-state index contributed by atoms with van der Waals surface area (Å²) < 4.78 is 39.0. The van der Waals surface area contributed by atoms with Gasteiger partial charge in [0.15, 0.2) is 0 Å². The number of carboxylic acids is 1. The molecule has 29 heavy (non-hydrogen) atoms. The van der Waals surface area contributed by atoms with E-state index in [1.165, 1.54) is 24.3 Å². The lowest BCUT2D eigenvalue weighted by Gasteiger charge is -2.18. The number of nitrogens with one attached hydrogen (secondary N) is 1. The molecule has 0 saturated carbocycles. The van der Waals surface area contributed by atoms with E-state index in [2.05, 4.69) is 5.32 Å². The van der Waals surface area contributed by atoms with E-state index in [-0.39, 0.29) is 16.3 Å². The van der Waals surface area contributed by atoms with Crippen molar-refractivity contribution >= 4 is 52.4 Å². The number of carboxylic acid groups (broad SMARTS) is 1. The molecule has 0 fully saturated rings. The molecule has 2 N–H and O–H groups in total. The third-order valence-corrected chi connectivity index (χ3v) is 4.59. The van der Waals surface area contributed by atoms with Gasteiger partial charge in [0.25, 0.3) is 11.8 Å². The van der Waals surface area contributed by atoms with E-state index in [1.54, 1.807) is 0 Å². The summed E-state index contributed by atoms with van der Waals surface area (Å²) in [6.45, 7) is 0. The van der Waals surface area contributed by atoms with E-state index in [0.29, 0.717) is 17.0 Å². The molecule has 0 bridgehead atoms. The Morgan fingerprint density at radius 1 is 1.03 bits per heavy atom. The third kappa shape index (κ3) is 3.92. The summed E-state index contributed by atoms with van der Waals surface area (Å²) in [5.41, 5.74) is -1.97. The van der Waals surface area contributed by atoms with Crippen LogP contribution >= 0.6 is 23.2 Å². The van der Waals surface area contributed by atoms with Gasteiger partial charge in [0.1, 0.15) is 10.7 Å². The van der Waals surface area contributed by atoms with Crippen molar-refractivity contribution in [3.8, 4) is 0 Å². The quantitative estimate of drug-likeness (QED) is 0.678. The van der Waals surface area contributed by atoms with Gasteiger partial charge in [-0.3, -0.25) is 9.59 Å². The number of halogens is 5. The third-order valence-electron chi connectivity index (χ3n) is 3.92. The number of rotatable bonds is 4. The fraction of sp³-hybridized carbons (Fsp3) is 0.0556. The number of anilines is 2. The first-order valence-corrected chi connectivity index (χ1v) is 8.52. The molecule has 6 nitrogen and oxygen atoms in total. The van der Waals surface area contributed by atoms with Crippen molar-refractivity contribution in [3.63, 3.8) is 0 Å². The maximum atomic E-state index is 13.0. The van der Waals surface area contributed by atoms with Crippen LogP contribution in [0.1, 0.15) is 15.9 Å². The number of nitrogens with zero attached hydrogens (tertiary/aromatic N) is 1. The number of benzene rings is 2. The minimum atomic E-state index is -4.72. The van der Waals surface area contributed by atoms with Gasteiger partial charge in [0.05, 0.1) is 21.8 Å². The van der Waals surface area contributed by atoms with Crippen LogP contribution in [-0.4, -0.2) is 22.9 Å². The second-order valence-corrected chi connectivity index (χ2v) is 6.59. The molecule has 0 radical (unpaired) electrons. The van der Waals surface area contributed by atoms with Gasteiger partial charge in [-0.2, -0.15) is 13.2 Å². The Morgan fingerprint density at radius 3 is 2.34 bits per heavy atom. The number of carbonyl (C=O) groups excluding carboxylic acids is 2. The van der Waals surface area contributed by atoms with Crippen LogP contribution in [0.25, 0.3) is 0 Å². The molecule has 3 rings (SSSR count). The van der Waals surface area contributed by atoms with Crippen LogP contribution in [0.2, 0.25) is 5.02 Å². The van der Waals surface area contributed by atoms with Gasteiger partial charge in [-0.15, -0.1) is 0 Å². The first kappa shape index (κ1) is 20.7. The van der Waals surface area contributed by atoms with Gasteiger partial charge in [-0.25, -0.2) is 9.69 Å². The van der Waals surface area contributed by atoms with Crippen LogP contribution in [0.15, 0.2) is 53.2 Å². The minimum absolute atomic E-state index is 0.0960. The summed E-state index contributed by atoms with van der Waals surface area (Å²) in [7, 11) is 0. The monoisotopic (exact) mass is 444 g/mol. The predicted octanol–water partition coefficient (Wildman–Crippen LogP) is 4.49. The fourth-order valence-corrected chi connectivity index (χ4v) is 2.98. The van der Waals surface area contributed by atoms with E-state index in [0.717, 1.165) is 6.07 Å². The maximum absolute atomic E-state index is 13.0. The largest absolute Gasteiger partial charge is 0.478 e. The molecule has 1 heterocycles. The summed E-state index contributed by atoms with van der Waals surface area (Å²) >= 11 is 11.8. The highest BCUT2D eigenvalue weighted by atomic mass is 35.5. The molecular formula is C18H9Cl2F3N2O4. The molecule has 2 aromatic carbocycles. The van der Waals surface area contributed by atoms with Crippen molar-refractivity contribution in [3.05, 3.63) is 69.3 Å². The van der Waals surface area contributed by atoms with Crippen molar-refractivity contribution < 1.29 is 32.7 Å². The summed E-state index contributed by atoms with van der Waals surface area (Å²) in [6, 6.07) is 7.50. The lowest BCUT2D eigenvalue weighted by Crippen LogP contribution is -2.32. The summed E-state index contributed by atoms with van der Waals surface area (Å²) in [6.07, 6.45) is -4.72. The van der Waals surface area contributed by atoms with Crippen molar-refractivity contribution in [2.24, 2.45) is 0 Å². The Kier molecular flexibility index (Phi) is 5.29. The van der Waals surface area contributed by atoms with Crippen LogP contribution in [0.5, 0.6) is 0 Å². The molecule has 0 aliphatic carbocycles. The highest BCUT2D eigenvalue weighted by molar-refractivity contribution is 6.53. The first-order valence-electron chi connectivity index (χ1n) is 7.76. The summed E-state index contributed by atoms with van der Waals surface area (Å²) in [5.74, 6) is -3.34. The molecule has 2 aromatic rings. The molecule has 0 atom stereocenters. The SMILES string of the molecule is O=C(O)c1cccc(NC2=C(Cl)C(=O)N(c3cc(C(F)(F)F)ccc3Cl)C2=O)c1. The summed E-state index contributed by atoms with van der Waals surface area (Å²) in [4.78, 5) is 36.6. The van der Waals surface area contributed by atoms with Crippen LogP contribution < -0.4 is 10.2 Å². The molecule has 0 spiro atoms. The van der Waals surface area contributed by atoms with Crippen LogP contribution in [-0.2, 0) is 15.8 Å². The number of hydrogen-bond donors (Lipinski definition) is 2. The Labute approximate surface area is 171 Å². The van der Waals surface area contributed by atoms with Crippen molar-refractivity contribution in [1.82, 2.24) is 0 Å². The Balaban J connectivity index is 1.98. The van der Waals surface area contributed by atoms with E-state index in [4.69, 9.17) is 28.3 Å². The topological polar surface area (TPSA) is 86.7 Å². The number of imide groups is 1. The molecule has 0 aromatic heterocycles. The number of carbonyl (C=O) groups is 3. The number of hydrogen-bond acceptors (Lipinski definition) is 4. The highest BCUT2D eigenvalue weighted by Crippen LogP contribution is 2.38. The highest BCUT2D eigenvalue weighted by Gasteiger charge is 2.41. The zero-order valence-electron chi connectivity index (χ0n) is 14.1. The molecule has 1 aliphatic rings. The van der Waals surface area contributed by atoms with Gasteiger partial charge >= 0.3 is 12.1 Å². The number of alkyl halides is 3. The van der Waals surface area contributed by atoms with Gasteiger partial charge in [0, 0.05) is 5.69 Å². The van der Waals surface area contributed by atoms with E-state index >= 15 is 0 Å². The normalized spacial score (nSPS) is 14.6. The lowest BCUT2D eigenvalue weighted by molar-refractivity contribution is -0.137. The molecule has 0 unspecified atom stereocenters. The maximum Gasteiger partial charge on any atom is 0.416 e. The van der Waals surface area contributed by atoms with Gasteiger partial charge in [0.2, 0.25) is 0 Å². The molecule has 150 valence electrons. The predicted molar refractivity (Wildman–Crippen MR) is 98.9 cm³/mol. The zero-order valence-corrected chi connectivity index (χ0v) is 15.6. The summed E-state index contributed by atoms with van der Waals surface area (Å²) in [5, 5.41) is 10.7. The average molecular weight is 445 g/mol. The van der Waals surface area contributed by atoms with E-state index < -0.39 is 45.9 Å². The molecule has 1 aliphatic heterocycles. The number of amides is 2. The van der Waals surface area contributed by atoms with Gasteiger partial charge < -0.3 is 10.4 Å². The van der Waals surface area contributed by atoms with Gasteiger partial charge in [-0.05, 0) is 36.4 Å².